The Morgan fingerprint density at radius 1 is 0.324 bits per heavy atom. The Morgan fingerprint density at radius 3 is 0.649 bits per heavy atom. The molecular formula is C27H51F6K4. The molecule has 0 aromatic rings. The maximum atomic E-state index is 11.6. The SMILES string of the molecule is [CH2-]CCCCCCCC(F)F.[CH2-]CCCCCCCC(F)F.[CH2-]CCCCCCCC(F)F.[K+].[K+].[K+].[K]. The molecule has 1 radical (unpaired) electrons. The van der Waals surface area contributed by atoms with Crippen LogP contribution in [0.2, 0.25) is 0 Å². The van der Waals surface area contributed by atoms with E-state index in [1.165, 1.54) is 0 Å². The van der Waals surface area contributed by atoms with Crippen molar-refractivity contribution in [3.63, 3.8) is 0 Å². The van der Waals surface area contributed by atoms with Gasteiger partial charge in [0.15, 0.2) is 0 Å². The van der Waals surface area contributed by atoms with Crippen LogP contribution in [0.25, 0.3) is 0 Å². The molecule has 0 amide bonds. The van der Waals surface area contributed by atoms with Crippen molar-refractivity contribution in [2.45, 2.75) is 154 Å². The van der Waals surface area contributed by atoms with E-state index < -0.39 is 19.3 Å². The van der Waals surface area contributed by atoms with Crippen molar-refractivity contribution < 1.29 is 180 Å². The summed E-state index contributed by atoms with van der Waals surface area (Å²) >= 11 is 0. The molecule has 0 bridgehead atoms. The fraction of sp³-hybridized carbons (Fsp3) is 0.889. The van der Waals surface area contributed by atoms with Gasteiger partial charge in [0.2, 0.25) is 19.3 Å². The van der Waals surface area contributed by atoms with E-state index in [1.807, 2.05) is 0 Å². The van der Waals surface area contributed by atoms with Crippen LogP contribution >= 0.6 is 0 Å². The van der Waals surface area contributed by atoms with Crippen LogP contribution in [0.4, 0.5) is 26.3 Å². The minimum Gasteiger partial charge on any atom is -0.343 e. The van der Waals surface area contributed by atoms with E-state index in [1.54, 1.807) is 0 Å². The third kappa shape index (κ3) is 74.7. The summed E-state index contributed by atoms with van der Waals surface area (Å²) in [6.45, 7) is 11.1. The zero-order valence-electron chi connectivity index (χ0n) is 25.0. The fourth-order valence-corrected chi connectivity index (χ4v) is 3.02. The molecule has 37 heavy (non-hydrogen) atoms. The Hall–Kier alpha value is 6.13. The number of unbranched alkanes of at least 4 members (excludes halogenated alkanes) is 15. The van der Waals surface area contributed by atoms with Gasteiger partial charge in [0.1, 0.15) is 0 Å². The molecule has 0 aromatic heterocycles. The van der Waals surface area contributed by atoms with Gasteiger partial charge in [-0.15, -0.1) is 0 Å². The molecule has 0 saturated heterocycles. The first-order valence-corrected chi connectivity index (χ1v) is 13.0. The third-order valence-corrected chi connectivity index (χ3v) is 5.02. The molecule has 0 saturated carbocycles. The normalized spacial score (nSPS) is 9.73. The number of hydrogen-bond acceptors (Lipinski definition) is 0. The van der Waals surface area contributed by atoms with Gasteiger partial charge in [-0.1, -0.05) is 77.0 Å². The van der Waals surface area contributed by atoms with Gasteiger partial charge in [-0.2, -0.15) is 19.3 Å². The molecule has 0 aliphatic carbocycles. The van der Waals surface area contributed by atoms with Crippen molar-refractivity contribution in [3.05, 3.63) is 20.8 Å². The van der Waals surface area contributed by atoms with Crippen molar-refractivity contribution >= 4 is 51.4 Å². The van der Waals surface area contributed by atoms with Gasteiger partial charge in [-0.3, -0.25) is 0 Å². The second-order valence-corrected chi connectivity index (χ2v) is 8.40. The number of halogens is 6. The monoisotopic (exact) mass is 645 g/mol. The van der Waals surface area contributed by atoms with Crippen LogP contribution in [0.5, 0.6) is 0 Å². The average Bonchev–Trinajstić information content (AvgIpc) is 2.76. The van der Waals surface area contributed by atoms with Crippen molar-refractivity contribution in [2.75, 3.05) is 0 Å². The van der Waals surface area contributed by atoms with E-state index in [9.17, 15) is 26.3 Å². The van der Waals surface area contributed by atoms with Gasteiger partial charge in [-0.05, 0) is 19.3 Å². The summed E-state index contributed by atoms with van der Waals surface area (Å²) in [5.74, 6) is 0. The average molecular weight is 646 g/mol. The number of alkyl halides is 6. The van der Waals surface area contributed by atoms with E-state index in [0.717, 1.165) is 96.3 Å². The maximum Gasteiger partial charge on any atom is 1.00 e. The molecule has 0 atom stereocenters. The van der Waals surface area contributed by atoms with Crippen LogP contribution < -0.4 is 154 Å². The van der Waals surface area contributed by atoms with Gasteiger partial charge in [0, 0.05) is 70.6 Å². The summed E-state index contributed by atoms with van der Waals surface area (Å²) in [4.78, 5) is 0. The first-order valence-electron chi connectivity index (χ1n) is 13.0. The zero-order chi connectivity index (χ0) is 25.6. The van der Waals surface area contributed by atoms with Gasteiger partial charge < -0.3 is 20.8 Å². The Balaban J connectivity index is -0.0000000692. The minimum absolute atomic E-state index is 0. The number of rotatable bonds is 21. The summed E-state index contributed by atoms with van der Waals surface area (Å²) in [5.41, 5.74) is 0. The van der Waals surface area contributed by atoms with Crippen LogP contribution in [0.1, 0.15) is 135 Å². The molecular weight excluding hydrogens is 595 g/mol. The Bertz CT molecular complexity index is 282. The summed E-state index contributed by atoms with van der Waals surface area (Å²) in [7, 11) is 0. The van der Waals surface area contributed by atoms with Gasteiger partial charge >= 0.3 is 154 Å². The Labute approximate surface area is 397 Å². The topological polar surface area (TPSA) is 0 Å². The molecule has 0 rings (SSSR count). The second kappa shape index (κ2) is 54.6. The summed E-state index contributed by atoms with van der Waals surface area (Å²) < 4.78 is 69.6. The number of hydrogen-bond donors (Lipinski definition) is 0. The van der Waals surface area contributed by atoms with Crippen molar-refractivity contribution in [1.82, 2.24) is 0 Å². The molecule has 0 aromatic carbocycles. The quantitative estimate of drug-likeness (QED) is 0.0777. The van der Waals surface area contributed by atoms with Crippen LogP contribution in [0.15, 0.2) is 0 Å². The predicted molar refractivity (Wildman–Crippen MR) is 137 cm³/mol. The van der Waals surface area contributed by atoms with Gasteiger partial charge in [-0.25, -0.2) is 26.3 Å². The van der Waals surface area contributed by atoms with Gasteiger partial charge in [0.25, 0.3) is 0 Å². The summed E-state index contributed by atoms with van der Waals surface area (Å²) in [5, 5.41) is 0. The van der Waals surface area contributed by atoms with Crippen LogP contribution in [-0.2, 0) is 0 Å². The minimum atomic E-state index is -2.11. The van der Waals surface area contributed by atoms with Crippen LogP contribution in [0, 0.1) is 20.8 Å². The third-order valence-electron chi connectivity index (χ3n) is 5.02. The van der Waals surface area contributed by atoms with Crippen LogP contribution in [-0.4, -0.2) is 70.7 Å². The molecule has 205 valence electrons. The standard InChI is InChI=1S/3C9H17F2.4K/c3*1-2-3-4-5-6-7-8-9(10)11;;;;/h3*9H,1-8H2;;;;/q3*-1;;3*+1. The van der Waals surface area contributed by atoms with E-state index in [0.29, 0.717) is 19.3 Å². The van der Waals surface area contributed by atoms with E-state index >= 15 is 0 Å². The smallest absolute Gasteiger partial charge is 0.343 e. The molecule has 0 unspecified atom stereocenters. The zero-order valence-corrected chi connectivity index (χ0v) is 37.5. The maximum absolute atomic E-state index is 11.6. The Morgan fingerprint density at radius 2 is 0.486 bits per heavy atom. The molecule has 0 aliphatic rings. The van der Waals surface area contributed by atoms with Gasteiger partial charge in [0.05, 0.1) is 0 Å². The molecule has 0 aliphatic heterocycles. The van der Waals surface area contributed by atoms with Crippen molar-refractivity contribution in [1.29, 1.82) is 0 Å². The first kappa shape index (κ1) is 58.6. The molecule has 0 N–H and O–H groups in total. The van der Waals surface area contributed by atoms with E-state index in [4.69, 9.17) is 0 Å². The van der Waals surface area contributed by atoms with E-state index in [-0.39, 0.29) is 225 Å². The summed E-state index contributed by atoms with van der Waals surface area (Å²) in [6.07, 6.45) is 11.8. The van der Waals surface area contributed by atoms with Crippen molar-refractivity contribution in [3.8, 4) is 0 Å². The van der Waals surface area contributed by atoms with E-state index in [2.05, 4.69) is 20.8 Å². The van der Waals surface area contributed by atoms with Crippen LogP contribution in [0.3, 0.4) is 0 Å². The summed E-state index contributed by atoms with van der Waals surface area (Å²) in [6, 6.07) is 0. The molecule has 0 fully saturated rings. The molecule has 10 heteroatoms. The largest absolute Gasteiger partial charge is 1.00 e. The fourth-order valence-electron chi connectivity index (χ4n) is 3.02. The molecule has 0 heterocycles. The first-order chi connectivity index (χ1) is 15.8. The molecule has 0 spiro atoms. The Kier molecular flexibility index (Phi) is 86.5. The predicted octanol–water partition coefficient (Wildman–Crippen LogP) is 2.08. The second-order valence-electron chi connectivity index (χ2n) is 8.40. The molecule has 0 nitrogen and oxygen atoms in total. The van der Waals surface area contributed by atoms with Crippen molar-refractivity contribution in [2.24, 2.45) is 0 Å².